The lowest BCUT2D eigenvalue weighted by atomic mass is 10.3. The Bertz CT molecular complexity index is 292. The van der Waals surface area contributed by atoms with E-state index in [2.05, 4.69) is 15.9 Å². The fourth-order valence-corrected chi connectivity index (χ4v) is 1.27. The van der Waals surface area contributed by atoms with Gasteiger partial charge in [-0.25, -0.2) is 0 Å². The Morgan fingerprint density at radius 3 is 2.06 bits per heavy atom. The van der Waals surface area contributed by atoms with Crippen molar-refractivity contribution < 1.29 is 22.8 Å². The molecule has 0 spiro atoms. The summed E-state index contributed by atoms with van der Waals surface area (Å²) in [6.45, 7) is -0.603. The van der Waals surface area contributed by atoms with Gasteiger partial charge in [0.2, 0.25) is 11.8 Å². The van der Waals surface area contributed by atoms with E-state index in [1.54, 1.807) is 0 Å². The number of nitrogens with zero attached hydrogens (tertiary/aromatic N) is 2. The molecule has 0 heterocycles. The monoisotopic (exact) mass is 318 g/mol. The number of hydrogen-bond donors (Lipinski definition) is 0. The van der Waals surface area contributed by atoms with Crippen LogP contribution in [-0.2, 0) is 9.59 Å². The molecule has 0 radical (unpaired) electrons. The molecule has 0 saturated carbocycles. The van der Waals surface area contributed by atoms with E-state index in [1.807, 2.05) is 0 Å². The van der Waals surface area contributed by atoms with Gasteiger partial charge in [-0.2, -0.15) is 13.2 Å². The van der Waals surface area contributed by atoms with Gasteiger partial charge >= 0.3 is 6.18 Å². The van der Waals surface area contributed by atoms with Crippen LogP contribution in [0.2, 0.25) is 0 Å². The molecule has 1 unspecified atom stereocenters. The van der Waals surface area contributed by atoms with E-state index >= 15 is 0 Å². The molecule has 0 aliphatic heterocycles. The summed E-state index contributed by atoms with van der Waals surface area (Å²) in [5, 5.41) is 0. The number of amides is 2. The van der Waals surface area contributed by atoms with Crippen LogP contribution in [0.5, 0.6) is 0 Å². The van der Waals surface area contributed by atoms with E-state index in [9.17, 15) is 22.8 Å². The average molecular weight is 319 g/mol. The Kier molecular flexibility index (Phi) is 5.94. The number of carbonyl (C=O) groups excluding carboxylic acids is 2. The molecule has 8 heteroatoms. The van der Waals surface area contributed by atoms with E-state index < -0.39 is 35.9 Å². The van der Waals surface area contributed by atoms with Crippen LogP contribution in [0, 0.1) is 0 Å². The van der Waals surface area contributed by atoms with Crippen molar-refractivity contribution in [3.8, 4) is 0 Å². The second-order valence-electron chi connectivity index (χ2n) is 3.71. The molecule has 0 aromatic heterocycles. The average Bonchev–Trinajstić information content (AvgIpc) is 2.12. The van der Waals surface area contributed by atoms with Crippen LogP contribution in [0.1, 0.15) is 6.92 Å². The molecular weight excluding hydrogens is 305 g/mol. The molecule has 0 fully saturated rings. The van der Waals surface area contributed by atoms with Crippen LogP contribution >= 0.6 is 15.9 Å². The molecule has 0 bridgehead atoms. The molecule has 0 saturated heterocycles. The van der Waals surface area contributed by atoms with Gasteiger partial charge in [-0.05, 0) is 6.92 Å². The highest BCUT2D eigenvalue weighted by Gasteiger charge is 2.35. The van der Waals surface area contributed by atoms with Crippen molar-refractivity contribution in [3.63, 3.8) is 0 Å². The Hall–Kier alpha value is -0.790. The third-order valence-corrected chi connectivity index (χ3v) is 2.24. The zero-order valence-corrected chi connectivity index (χ0v) is 11.3. The van der Waals surface area contributed by atoms with E-state index in [1.165, 1.54) is 21.0 Å². The summed E-state index contributed by atoms with van der Waals surface area (Å²) in [6, 6.07) is 0. The van der Waals surface area contributed by atoms with Crippen molar-refractivity contribution in [2.24, 2.45) is 0 Å². The van der Waals surface area contributed by atoms with Crippen LogP contribution in [-0.4, -0.2) is 59.8 Å². The lowest BCUT2D eigenvalue weighted by Crippen LogP contribution is -2.46. The van der Waals surface area contributed by atoms with Crippen molar-refractivity contribution in [1.29, 1.82) is 0 Å². The summed E-state index contributed by atoms with van der Waals surface area (Å²) in [6.07, 6.45) is -4.52. The summed E-state index contributed by atoms with van der Waals surface area (Å²) in [7, 11) is 2.83. The predicted molar refractivity (Wildman–Crippen MR) is 59.7 cm³/mol. The standard InChI is InChI=1S/C9H14BrF3N2O2/c1-6(10)8(17)15(5-9(11,12)13)4-7(16)14(2)3/h6H,4-5H2,1-3H3. The first-order valence-electron chi connectivity index (χ1n) is 4.74. The Labute approximate surface area is 106 Å². The van der Waals surface area contributed by atoms with Crippen LogP contribution in [0.25, 0.3) is 0 Å². The Balaban J connectivity index is 4.75. The number of halogens is 4. The maximum absolute atomic E-state index is 12.2. The van der Waals surface area contributed by atoms with Gasteiger partial charge in [-0.3, -0.25) is 9.59 Å². The quantitative estimate of drug-likeness (QED) is 0.732. The Morgan fingerprint density at radius 2 is 1.76 bits per heavy atom. The number of hydrogen-bond acceptors (Lipinski definition) is 2. The summed E-state index contributed by atoms with van der Waals surface area (Å²) in [4.78, 5) is 23.7. The third kappa shape index (κ3) is 6.50. The van der Waals surface area contributed by atoms with Crippen LogP contribution in [0.4, 0.5) is 13.2 Å². The van der Waals surface area contributed by atoms with Gasteiger partial charge in [-0.15, -0.1) is 0 Å². The maximum atomic E-state index is 12.2. The van der Waals surface area contributed by atoms with Crippen molar-refractivity contribution in [1.82, 2.24) is 9.80 Å². The zero-order valence-electron chi connectivity index (χ0n) is 9.71. The van der Waals surface area contributed by atoms with Gasteiger partial charge in [0.05, 0.1) is 4.83 Å². The van der Waals surface area contributed by atoms with Gasteiger partial charge in [0.25, 0.3) is 0 Å². The highest BCUT2D eigenvalue weighted by atomic mass is 79.9. The second-order valence-corrected chi connectivity index (χ2v) is 5.09. The van der Waals surface area contributed by atoms with Gasteiger partial charge in [0.1, 0.15) is 13.1 Å². The summed E-state index contributed by atoms with van der Waals surface area (Å²) in [5.41, 5.74) is 0. The topological polar surface area (TPSA) is 40.6 Å². The molecule has 0 N–H and O–H groups in total. The molecule has 0 aromatic rings. The SMILES string of the molecule is CC(Br)C(=O)N(CC(=O)N(C)C)CC(F)(F)F. The number of likely N-dealkylation sites (N-methyl/N-ethyl adjacent to an activating group) is 1. The molecule has 0 rings (SSSR count). The number of rotatable bonds is 4. The summed E-state index contributed by atoms with van der Waals surface area (Å²) >= 11 is 2.89. The molecule has 17 heavy (non-hydrogen) atoms. The second kappa shape index (κ2) is 6.23. The molecule has 1 atom stereocenters. The largest absolute Gasteiger partial charge is 0.406 e. The predicted octanol–water partition coefficient (Wildman–Crippen LogP) is 1.25. The first kappa shape index (κ1) is 16.2. The fraction of sp³-hybridized carbons (Fsp3) is 0.778. The van der Waals surface area contributed by atoms with Crippen molar-refractivity contribution in [2.75, 3.05) is 27.2 Å². The minimum absolute atomic E-state index is 0.488. The fourth-order valence-electron chi connectivity index (χ4n) is 0.984. The number of carbonyl (C=O) groups is 2. The molecule has 0 aliphatic carbocycles. The lowest BCUT2D eigenvalue weighted by Gasteiger charge is -2.25. The summed E-state index contributed by atoms with van der Waals surface area (Å²) in [5.74, 6) is -1.33. The van der Waals surface area contributed by atoms with Gasteiger partial charge < -0.3 is 9.80 Å². The normalized spacial score (nSPS) is 13.1. The Morgan fingerprint density at radius 1 is 1.29 bits per heavy atom. The summed E-state index contributed by atoms with van der Waals surface area (Å²) < 4.78 is 36.7. The highest BCUT2D eigenvalue weighted by molar-refractivity contribution is 9.10. The van der Waals surface area contributed by atoms with Crippen molar-refractivity contribution >= 4 is 27.7 Å². The van der Waals surface area contributed by atoms with Gasteiger partial charge in [-0.1, -0.05) is 15.9 Å². The van der Waals surface area contributed by atoms with E-state index in [0.29, 0.717) is 4.90 Å². The first-order valence-corrected chi connectivity index (χ1v) is 5.66. The first-order chi connectivity index (χ1) is 7.54. The highest BCUT2D eigenvalue weighted by Crippen LogP contribution is 2.18. The molecule has 0 aromatic carbocycles. The molecule has 0 aliphatic rings. The molecule has 2 amide bonds. The van der Waals surface area contributed by atoms with E-state index in [4.69, 9.17) is 0 Å². The third-order valence-electron chi connectivity index (χ3n) is 1.85. The van der Waals surface area contributed by atoms with Crippen molar-refractivity contribution in [3.05, 3.63) is 0 Å². The van der Waals surface area contributed by atoms with Crippen LogP contribution in [0.15, 0.2) is 0 Å². The van der Waals surface area contributed by atoms with Crippen molar-refractivity contribution in [2.45, 2.75) is 17.9 Å². The maximum Gasteiger partial charge on any atom is 0.406 e. The molecular formula is C9H14BrF3N2O2. The van der Waals surface area contributed by atoms with Crippen LogP contribution < -0.4 is 0 Å². The minimum Gasteiger partial charge on any atom is -0.347 e. The van der Waals surface area contributed by atoms with E-state index in [-0.39, 0.29) is 0 Å². The van der Waals surface area contributed by atoms with Gasteiger partial charge in [0.15, 0.2) is 0 Å². The zero-order chi connectivity index (χ0) is 13.8. The smallest absolute Gasteiger partial charge is 0.347 e. The van der Waals surface area contributed by atoms with Gasteiger partial charge in [0, 0.05) is 14.1 Å². The molecule has 100 valence electrons. The molecule has 4 nitrogen and oxygen atoms in total. The van der Waals surface area contributed by atoms with Crippen LogP contribution in [0.3, 0.4) is 0 Å². The number of alkyl halides is 4. The minimum atomic E-state index is -4.52. The van der Waals surface area contributed by atoms with E-state index in [0.717, 1.165) is 4.90 Å². The lowest BCUT2D eigenvalue weighted by molar-refractivity contribution is -0.163.